The topological polar surface area (TPSA) is 0 Å². The summed E-state index contributed by atoms with van der Waals surface area (Å²) >= 11 is 0. The SMILES string of the molecule is [CH2-]c1cccc2ccc3ccc[c-]c3c12.[Y]. The van der Waals surface area contributed by atoms with E-state index in [1.165, 1.54) is 21.5 Å². The molecule has 0 saturated heterocycles. The van der Waals surface area contributed by atoms with Gasteiger partial charge < -0.3 is 0 Å². The molecule has 0 fully saturated rings. The summed E-state index contributed by atoms with van der Waals surface area (Å²) < 4.78 is 0. The minimum Gasteiger partial charge on any atom is -0.195 e. The van der Waals surface area contributed by atoms with Crippen molar-refractivity contribution in [2.24, 2.45) is 0 Å². The monoisotopic (exact) mass is 279 g/mol. The van der Waals surface area contributed by atoms with Crippen molar-refractivity contribution in [2.75, 3.05) is 0 Å². The van der Waals surface area contributed by atoms with Crippen LogP contribution < -0.4 is 0 Å². The minimum absolute atomic E-state index is 0. The molecule has 0 bridgehead atoms. The summed E-state index contributed by atoms with van der Waals surface area (Å²) in [6.45, 7) is 4.08. The van der Waals surface area contributed by atoms with Crippen LogP contribution in [0.3, 0.4) is 0 Å². The Balaban J connectivity index is 0.000000963. The molecule has 0 saturated carbocycles. The molecule has 0 atom stereocenters. The molecule has 1 radical (unpaired) electrons. The molecule has 0 heterocycles. The Morgan fingerprint density at radius 3 is 2.50 bits per heavy atom. The Labute approximate surface area is 121 Å². The molecule has 1 heteroatoms. The van der Waals surface area contributed by atoms with E-state index in [2.05, 4.69) is 37.3 Å². The molecule has 75 valence electrons. The normalized spacial score (nSPS) is 10.2. The second kappa shape index (κ2) is 4.57. The number of benzene rings is 3. The van der Waals surface area contributed by atoms with Crippen molar-refractivity contribution in [1.29, 1.82) is 0 Å². The van der Waals surface area contributed by atoms with Gasteiger partial charge in [-0.3, -0.25) is 0 Å². The summed E-state index contributed by atoms with van der Waals surface area (Å²) in [4.78, 5) is 0. The van der Waals surface area contributed by atoms with E-state index in [-0.39, 0.29) is 32.7 Å². The standard InChI is InChI=1S/C15H10.Y/c1-11-5-4-7-13-10-9-12-6-2-3-8-14(12)15(11)13;/h2-7,9-10H,1H2;/q-2;. The van der Waals surface area contributed by atoms with Gasteiger partial charge in [-0.2, -0.15) is 18.6 Å². The maximum atomic E-state index is 4.08. The second-order valence-electron chi connectivity index (χ2n) is 3.72. The molecule has 0 spiro atoms. The van der Waals surface area contributed by atoms with Crippen LogP contribution in [-0.2, 0) is 32.7 Å². The Morgan fingerprint density at radius 1 is 0.875 bits per heavy atom. The third kappa shape index (κ3) is 1.77. The predicted molar refractivity (Wildman–Crippen MR) is 64.7 cm³/mol. The fourth-order valence-corrected chi connectivity index (χ4v) is 2.05. The molecule has 0 aliphatic heterocycles. The largest absolute Gasteiger partial charge is 0.195 e. The van der Waals surface area contributed by atoms with Crippen molar-refractivity contribution in [1.82, 2.24) is 0 Å². The third-order valence-corrected chi connectivity index (χ3v) is 2.76. The van der Waals surface area contributed by atoms with Crippen LogP contribution in [0.25, 0.3) is 21.5 Å². The molecule has 0 amide bonds. The van der Waals surface area contributed by atoms with Crippen LogP contribution >= 0.6 is 0 Å². The average molecular weight is 279 g/mol. The summed E-state index contributed by atoms with van der Waals surface area (Å²) in [6, 6.07) is 19.8. The first-order valence-electron chi connectivity index (χ1n) is 5.00. The molecule has 3 aromatic rings. The zero-order valence-electron chi connectivity index (χ0n) is 8.90. The molecular weight excluding hydrogens is 269 g/mol. The molecule has 3 rings (SSSR count). The van der Waals surface area contributed by atoms with Gasteiger partial charge in [0.15, 0.2) is 0 Å². The Kier molecular flexibility index (Phi) is 3.32. The van der Waals surface area contributed by atoms with Crippen molar-refractivity contribution >= 4 is 21.5 Å². The van der Waals surface area contributed by atoms with E-state index in [4.69, 9.17) is 0 Å². The predicted octanol–water partition coefficient (Wildman–Crippen LogP) is 3.97. The van der Waals surface area contributed by atoms with Gasteiger partial charge in [0.1, 0.15) is 0 Å². The Hall–Kier alpha value is -0.846. The van der Waals surface area contributed by atoms with Gasteiger partial charge in [0, 0.05) is 32.7 Å². The molecule has 0 aliphatic rings. The number of hydrogen-bond acceptors (Lipinski definition) is 0. The van der Waals surface area contributed by atoms with Gasteiger partial charge in [-0.15, -0.1) is 46.5 Å². The van der Waals surface area contributed by atoms with Gasteiger partial charge in [0.25, 0.3) is 0 Å². The summed E-state index contributed by atoms with van der Waals surface area (Å²) in [6.07, 6.45) is 0. The number of fused-ring (bicyclic) bond motifs is 3. The van der Waals surface area contributed by atoms with Gasteiger partial charge >= 0.3 is 0 Å². The van der Waals surface area contributed by atoms with Gasteiger partial charge in [0.2, 0.25) is 0 Å². The molecule has 0 aromatic heterocycles. The van der Waals surface area contributed by atoms with Crippen LogP contribution in [0.2, 0.25) is 0 Å². The molecule has 0 unspecified atom stereocenters. The maximum absolute atomic E-state index is 4.08. The molecule has 0 N–H and O–H groups in total. The van der Waals surface area contributed by atoms with Crippen LogP contribution in [0.1, 0.15) is 5.56 Å². The van der Waals surface area contributed by atoms with Crippen molar-refractivity contribution in [2.45, 2.75) is 0 Å². The van der Waals surface area contributed by atoms with E-state index in [0.29, 0.717) is 0 Å². The zero-order chi connectivity index (χ0) is 10.3. The van der Waals surface area contributed by atoms with Crippen molar-refractivity contribution < 1.29 is 32.7 Å². The Morgan fingerprint density at radius 2 is 1.62 bits per heavy atom. The average Bonchev–Trinajstić information content (AvgIpc) is 2.29. The van der Waals surface area contributed by atoms with Crippen LogP contribution in [0, 0.1) is 13.0 Å². The van der Waals surface area contributed by atoms with Crippen LogP contribution in [0.5, 0.6) is 0 Å². The first kappa shape index (κ1) is 11.6. The maximum Gasteiger partial charge on any atom is 0 e. The molecular formula is C15H10Y-2. The van der Waals surface area contributed by atoms with Crippen molar-refractivity contribution in [3.63, 3.8) is 0 Å². The van der Waals surface area contributed by atoms with Crippen molar-refractivity contribution in [3.8, 4) is 0 Å². The van der Waals surface area contributed by atoms with Gasteiger partial charge in [-0.25, -0.2) is 0 Å². The van der Waals surface area contributed by atoms with E-state index in [1.807, 2.05) is 24.3 Å². The van der Waals surface area contributed by atoms with E-state index >= 15 is 0 Å². The first-order valence-corrected chi connectivity index (χ1v) is 5.00. The summed E-state index contributed by atoms with van der Waals surface area (Å²) in [7, 11) is 0. The summed E-state index contributed by atoms with van der Waals surface area (Å²) in [5.74, 6) is 0. The van der Waals surface area contributed by atoms with Crippen molar-refractivity contribution in [3.05, 3.63) is 67.1 Å². The van der Waals surface area contributed by atoms with E-state index < -0.39 is 0 Å². The Bertz CT molecular complexity index is 641. The van der Waals surface area contributed by atoms with Gasteiger partial charge in [-0.05, 0) is 0 Å². The fourth-order valence-electron chi connectivity index (χ4n) is 2.05. The third-order valence-electron chi connectivity index (χ3n) is 2.76. The van der Waals surface area contributed by atoms with E-state index in [9.17, 15) is 0 Å². The molecule has 3 aromatic carbocycles. The fraction of sp³-hybridized carbons (Fsp3) is 0. The van der Waals surface area contributed by atoms with Crippen LogP contribution in [-0.4, -0.2) is 0 Å². The molecule has 0 nitrogen and oxygen atoms in total. The minimum atomic E-state index is 0. The summed E-state index contributed by atoms with van der Waals surface area (Å²) in [5.41, 5.74) is 1.07. The second-order valence-corrected chi connectivity index (χ2v) is 3.72. The van der Waals surface area contributed by atoms with Crippen LogP contribution in [0.15, 0.2) is 48.5 Å². The number of rotatable bonds is 0. The van der Waals surface area contributed by atoms with Gasteiger partial charge in [0.05, 0.1) is 0 Å². The summed E-state index contributed by atoms with van der Waals surface area (Å²) in [5, 5.41) is 4.84. The van der Waals surface area contributed by atoms with E-state index in [0.717, 1.165) is 5.56 Å². The van der Waals surface area contributed by atoms with Gasteiger partial charge in [-0.1, -0.05) is 23.6 Å². The smallest absolute Gasteiger partial charge is 0 e. The first-order chi connectivity index (χ1) is 7.36. The van der Waals surface area contributed by atoms with E-state index in [1.54, 1.807) is 0 Å². The quantitative estimate of drug-likeness (QED) is 0.431. The zero-order valence-corrected chi connectivity index (χ0v) is 11.7. The molecule has 16 heavy (non-hydrogen) atoms. The van der Waals surface area contributed by atoms with Crippen LogP contribution in [0.4, 0.5) is 0 Å². The number of hydrogen-bond donors (Lipinski definition) is 0. The molecule has 0 aliphatic carbocycles.